The van der Waals surface area contributed by atoms with Crippen molar-refractivity contribution in [3.8, 4) is 5.75 Å². The number of rotatable bonds is 3. The molecule has 0 saturated heterocycles. The first-order chi connectivity index (χ1) is 11.3. The van der Waals surface area contributed by atoms with Crippen LogP contribution in [0.5, 0.6) is 5.75 Å². The number of non-ortho nitro benzene ring substituents is 1. The maximum Gasteiger partial charge on any atom is 0.271 e. The molecule has 7 nitrogen and oxygen atoms in total. The molecule has 1 amide bonds. The third-order valence-corrected chi connectivity index (χ3v) is 3.34. The van der Waals surface area contributed by atoms with Gasteiger partial charge in [-0.2, -0.15) is 0 Å². The Balaban J connectivity index is 2.12. The topological polar surface area (TPSA) is 107 Å². The average Bonchev–Trinajstić information content (AvgIpc) is 2.48. The largest absolute Gasteiger partial charge is 0.871 e. The highest BCUT2D eigenvalue weighted by atomic mass is 32.1. The van der Waals surface area contributed by atoms with Crippen molar-refractivity contribution in [3.05, 3.63) is 63.2 Å². The van der Waals surface area contributed by atoms with Crippen LogP contribution in [0.3, 0.4) is 0 Å². The number of anilines is 1. The van der Waals surface area contributed by atoms with Gasteiger partial charge in [-0.15, -0.1) is 0 Å². The summed E-state index contributed by atoms with van der Waals surface area (Å²) in [5.41, 5.74) is 1.97. The van der Waals surface area contributed by atoms with Crippen molar-refractivity contribution in [2.75, 3.05) is 5.32 Å². The summed E-state index contributed by atoms with van der Waals surface area (Å²) in [6.45, 7) is 3.74. The Morgan fingerprint density at radius 1 is 1.12 bits per heavy atom. The number of carbonyl (C=O) groups is 1. The molecule has 124 valence electrons. The molecule has 2 rings (SSSR count). The molecule has 0 unspecified atom stereocenters. The van der Waals surface area contributed by atoms with E-state index in [1.807, 2.05) is 19.9 Å². The number of hydrogen-bond acceptors (Lipinski definition) is 5. The van der Waals surface area contributed by atoms with Gasteiger partial charge in [0.1, 0.15) is 0 Å². The zero-order valence-corrected chi connectivity index (χ0v) is 13.8. The minimum absolute atomic E-state index is 0.0741. The molecule has 2 N–H and O–H groups in total. The summed E-state index contributed by atoms with van der Waals surface area (Å²) in [6, 6.07) is 8.58. The molecule has 0 bridgehead atoms. The van der Waals surface area contributed by atoms with Crippen LogP contribution in [0.4, 0.5) is 11.4 Å². The van der Waals surface area contributed by atoms with Gasteiger partial charge in [0, 0.05) is 23.4 Å². The normalized spacial score (nSPS) is 10.1. The highest BCUT2D eigenvalue weighted by Crippen LogP contribution is 2.25. The van der Waals surface area contributed by atoms with Crippen molar-refractivity contribution in [3.63, 3.8) is 0 Å². The molecule has 0 fully saturated rings. The summed E-state index contributed by atoms with van der Waals surface area (Å²) in [5, 5.41) is 27.3. The number of hydrogen-bond donors (Lipinski definition) is 2. The lowest BCUT2D eigenvalue weighted by Gasteiger charge is -2.16. The second kappa shape index (κ2) is 7.05. The Morgan fingerprint density at radius 3 is 2.33 bits per heavy atom. The number of aryl methyl sites for hydroxylation is 2. The number of carbonyl (C=O) groups excluding carboxylic acids is 1. The molecule has 0 saturated carbocycles. The molecule has 2 aromatic carbocycles. The van der Waals surface area contributed by atoms with Gasteiger partial charge in [-0.3, -0.25) is 20.2 Å². The summed E-state index contributed by atoms with van der Waals surface area (Å²) in [6.07, 6.45) is 0. The Hall–Kier alpha value is -3.00. The lowest BCUT2D eigenvalue weighted by molar-refractivity contribution is -0.385. The van der Waals surface area contributed by atoms with E-state index < -0.39 is 16.6 Å². The minimum Gasteiger partial charge on any atom is -0.871 e. The molecular formula is C16H14N3O4S-. The van der Waals surface area contributed by atoms with Crippen molar-refractivity contribution in [1.29, 1.82) is 0 Å². The predicted octanol–water partition coefficient (Wildman–Crippen LogP) is 2.41. The smallest absolute Gasteiger partial charge is 0.271 e. The number of benzene rings is 2. The fourth-order valence-electron chi connectivity index (χ4n) is 2.16. The highest BCUT2D eigenvalue weighted by Gasteiger charge is 2.11. The minimum atomic E-state index is -0.623. The highest BCUT2D eigenvalue weighted by molar-refractivity contribution is 7.80. The lowest BCUT2D eigenvalue weighted by Crippen LogP contribution is -2.34. The Labute approximate surface area is 143 Å². The standard InChI is InChI=1S/C16H15N3O4S/c1-9-5-10(2)7-11(6-9)15(21)18-16(24)17-13-8-12(19(22)23)3-4-14(13)20/h3-8,20H,1-2H3,(H2,17,18,21,24)/p-1. The number of nitro benzene ring substituents is 1. The summed E-state index contributed by atoms with van der Waals surface area (Å²) in [5.74, 6) is -0.902. The van der Waals surface area contributed by atoms with Crippen LogP contribution in [-0.4, -0.2) is 15.9 Å². The van der Waals surface area contributed by atoms with Crippen LogP contribution >= 0.6 is 12.2 Å². The van der Waals surface area contributed by atoms with E-state index in [1.165, 1.54) is 0 Å². The summed E-state index contributed by atoms with van der Waals surface area (Å²) in [4.78, 5) is 22.3. The third-order valence-electron chi connectivity index (χ3n) is 3.13. The first-order valence-corrected chi connectivity index (χ1v) is 7.33. The monoisotopic (exact) mass is 344 g/mol. The van der Waals surface area contributed by atoms with Gasteiger partial charge in [0.15, 0.2) is 5.11 Å². The van der Waals surface area contributed by atoms with Gasteiger partial charge in [0.25, 0.3) is 11.6 Å². The van der Waals surface area contributed by atoms with Crippen LogP contribution in [-0.2, 0) is 0 Å². The molecule has 0 heterocycles. The van der Waals surface area contributed by atoms with Crippen molar-refractivity contribution in [1.82, 2.24) is 5.32 Å². The van der Waals surface area contributed by atoms with Crippen LogP contribution < -0.4 is 15.7 Å². The SMILES string of the molecule is Cc1cc(C)cc(C(=O)NC(=S)Nc2cc([N+](=O)[O-])ccc2[O-])c1. The Morgan fingerprint density at radius 2 is 1.75 bits per heavy atom. The van der Waals surface area contributed by atoms with Gasteiger partial charge in [-0.1, -0.05) is 29.0 Å². The molecule has 8 heteroatoms. The van der Waals surface area contributed by atoms with Crippen LogP contribution in [0.25, 0.3) is 0 Å². The number of nitro groups is 1. The fraction of sp³-hybridized carbons (Fsp3) is 0.125. The number of amides is 1. The van der Waals surface area contributed by atoms with Gasteiger partial charge in [0.05, 0.1) is 4.92 Å². The summed E-state index contributed by atoms with van der Waals surface area (Å²) >= 11 is 4.99. The van der Waals surface area contributed by atoms with E-state index in [4.69, 9.17) is 12.2 Å². The average molecular weight is 344 g/mol. The second-order valence-corrected chi connectivity index (χ2v) is 5.63. The molecule has 0 aliphatic rings. The summed E-state index contributed by atoms with van der Waals surface area (Å²) < 4.78 is 0. The van der Waals surface area contributed by atoms with E-state index in [-0.39, 0.29) is 16.5 Å². The van der Waals surface area contributed by atoms with Crippen LogP contribution in [0.2, 0.25) is 0 Å². The van der Waals surface area contributed by atoms with Gasteiger partial charge in [0.2, 0.25) is 0 Å². The quantitative estimate of drug-likeness (QED) is 0.503. The fourth-order valence-corrected chi connectivity index (χ4v) is 2.37. The van der Waals surface area contributed by atoms with Crippen molar-refractivity contribution < 1.29 is 14.8 Å². The van der Waals surface area contributed by atoms with Gasteiger partial charge < -0.3 is 10.4 Å². The molecule has 0 atom stereocenters. The molecule has 0 aromatic heterocycles. The van der Waals surface area contributed by atoms with Crippen LogP contribution in [0.1, 0.15) is 21.5 Å². The van der Waals surface area contributed by atoms with E-state index >= 15 is 0 Å². The first kappa shape index (κ1) is 17.4. The first-order valence-electron chi connectivity index (χ1n) is 6.92. The van der Waals surface area contributed by atoms with E-state index in [2.05, 4.69) is 10.6 Å². The maximum atomic E-state index is 12.2. The van der Waals surface area contributed by atoms with Crippen molar-refractivity contribution in [2.45, 2.75) is 13.8 Å². The van der Waals surface area contributed by atoms with Gasteiger partial charge in [-0.05, 0) is 38.2 Å². The molecule has 24 heavy (non-hydrogen) atoms. The van der Waals surface area contributed by atoms with E-state index in [0.29, 0.717) is 5.56 Å². The van der Waals surface area contributed by atoms with E-state index in [9.17, 15) is 20.0 Å². The molecule has 0 spiro atoms. The number of nitrogens with zero attached hydrogens (tertiary/aromatic N) is 1. The number of nitrogens with one attached hydrogen (secondary N) is 2. The predicted molar refractivity (Wildman–Crippen MR) is 92.1 cm³/mol. The molecular weight excluding hydrogens is 330 g/mol. The summed E-state index contributed by atoms with van der Waals surface area (Å²) in [7, 11) is 0. The molecule has 0 aliphatic carbocycles. The molecule has 0 aliphatic heterocycles. The van der Waals surface area contributed by atoms with Gasteiger partial charge in [-0.25, -0.2) is 0 Å². The van der Waals surface area contributed by atoms with Crippen LogP contribution in [0, 0.1) is 24.0 Å². The lowest BCUT2D eigenvalue weighted by atomic mass is 10.1. The zero-order valence-electron chi connectivity index (χ0n) is 13.0. The molecule has 2 aromatic rings. The Kier molecular flexibility index (Phi) is 5.10. The van der Waals surface area contributed by atoms with Crippen molar-refractivity contribution in [2.24, 2.45) is 0 Å². The Bertz CT molecular complexity index is 816. The van der Waals surface area contributed by atoms with Gasteiger partial charge >= 0.3 is 0 Å². The third kappa shape index (κ3) is 4.26. The van der Waals surface area contributed by atoms with Crippen LogP contribution in [0.15, 0.2) is 36.4 Å². The van der Waals surface area contributed by atoms with Crippen molar-refractivity contribution >= 4 is 34.6 Å². The van der Waals surface area contributed by atoms with E-state index in [1.54, 1.807) is 12.1 Å². The van der Waals surface area contributed by atoms with E-state index in [0.717, 1.165) is 29.3 Å². The molecule has 0 radical (unpaired) electrons. The maximum absolute atomic E-state index is 12.2. The second-order valence-electron chi connectivity index (χ2n) is 5.22. The zero-order chi connectivity index (χ0) is 17.9. The number of thiocarbonyl (C=S) groups is 1.